The number of nitrogens with one attached hydrogen (secondary N) is 1. The number of nitro groups is 1. The van der Waals surface area contributed by atoms with E-state index in [1.54, 1.807) is 18.2 Å². The molecule has 3 aromatic rings. The fourth-order valence-electron chi connectivity index (χ4n) is 1.99. The number of hydrazone groups is 1. The van der Waals surface area contributed by atoms with E-state index in [2.05, 4.69) is 15.5 Å². The Labute approximate surface area is 141 Å². The summed E-state index contributed by atoms with van der Waals surface area (Å²) in [6.45, 7) is 0. The van der Waals surface area contributed by atoms with Crippen LogP contribution in [0.4, 0.5) is 11.4 Å². The summed E-state index contributed by atoms with van der Waals surface area (Å²) >= 11 is 4.99. The highest BCUT2D eigenvalue weighted by Crippen LogP contribution is 2.18. The Morgan fingerprint density at radius 3 is 2.79 bits per heavy atom. The molecule has 0 aliphatic carbocycles. The minimum Gasteiger partial charge on any atom is -0.435 e. The van der Waals surface area contributed by atoms with Gasteiger partial charge in [0, 0.05) is 12.1 Å². The lowest BCUT2D eigenvalue weighted by Crippen LogP contribution is -2.23. The Kier molecular flexibility index (Phi) is 4.17. The molecule has 8 nitrogen and oxygen atoms in total. The van der Waals surface area contributed by atoms with Crippen LogP contribution in [-0.4, -0.2) is 20.6 Å². The van der Waals surface area contributed by atoms with Gasteiger partial charge in [-0.15, -0.1) is 0 Å². The molecule has 3 N–H and O–H groups in total. The number of nitro benzene ring substituents is 1. The van der Waals surface area contributed by atoms with Crippen LogP contribution in [-0.2, 0) is 0 Å². The van der Waals surface area contributed by atoms with Crippen molar-refractivity contribution < 1.29 is 9.34 Å². The summed E-state index contributed by atoms with van der Waals surface area (Å²) < 4.78 is 5.58. The van der Waals surface area contributed by atoms with E-state index >= 15 is 0 Å². The Hall–Kier alpha value is -3.33. The molecule has 0 unspecified atom stereocenters. The number of para-hydroxylation sites is 2. The van der Waals surface area contributed by atoms with Crippen LogP contribution in [0.25, 0.3) is 11.1 Å². The molecule has 1 heterocycles. The second-order valence-electron chi connectivity index (χ2n) is 4.73. The first kappa shape index (κ1) is 15.6. The molecule has 0 saturated heterocycles. The van der Waals surface area contributed by atoms with E-state index in [-0.39, 0.29) is 22.3 Å². The predicted molar refractivity (Wildman–Crippen MR) is 94.1 cm³/mol. The summed E-state index contributed by atoms with van der Waals surface area (Å²) in [6.07, 6.45) is 0. The lowest BCUT2D eigenvalue weighted by molar-refractivity contribution is -0.384. The van der Waals surface area contributed by atoms with Crippen molar-refractivity contribution in [2.75, 3.05) is 5.43 Å². The average molecular weight is 341 g/mol. The molecule has 2 aromatic carbocycles. The Morgan fingerprint density at radius 2 is 2.08 bits per heavy atom. The van der Waals surface area contributed by atoms with Crippen molar-refractivity contribution in [3.05, 3.63) is 64.5 Å². The van der Waals surface area contributed by atoms with Gasteiger partial charge in [0.2, 0.25) is 0 Å². The first-order valence-electron chi connectivity index (χ1n) is 6.78. The summed E-state index contributed by atoms with van der Waals surface area (Å²) in [5.41, 5.74) is 10.1. The highest BCUT2D eigenvalue weighted by Gasteiger charge is 2.15. The maximum atomic E-state index is 10.8. The zero-order chi connectivity index (χ0) is 17.1. The number of hydrogen-bond acceptors (Lipinski definition) is 7. The normalized spacial score (nSPS) is 11.4. The third kappa shape index (κ3) is 3.20. The molecular weight excluding hydrogens is 330 g/mol. The van der Waals surface area contributed by atoms with E-state index in [0.29, 0.717) is 16.8 Å². The molecule has 1 aromatic heterocycles. The molecule has 120 valence electrons. The van der Waals surface area contributed by atoms with Crippen molar-refractivity contribution in [2.24, 2.45) is 10.8 Å². The molecule has 0 amide bonds. The summed E-state index contributed by atoms with van der Waals surface area (Å²) in [4.78, 5) is 14.6. The fourth-order valence-corrected chi connectivity index (χ4v) is 2.12. The second kappa shape index (κ2) is 6.42. The van der Waals surface area contributed by atoms with E-state index in [4.69, 9.17) is 22.4 Å². The van der Waals surface area contributed by atoms with Crippen LogP contribution in [0, 0.1) is 10.1 Å². The maximum Gasteiger partial charge on any atom is 0.271 e. The fraction of sp³-hybridized carbons (Fsp3) is 0. The third-order valence-electron chi connectivity index (χ3n) is 3.08. The number of thiocarbonyl (C=S) groups is 1. The number of hydrogen-bond donors (Lipinski definition) is 2. The number of fused-ring (bicyclic) bond motifs is 1. The number of anilines is 1. The van der Waals surface area contributed by atoms with Crippen LogP contribution in [0.1, 0.15) is 5.89 Å². The van der Waals surface area contributed by atoms with Crippen LogP contribution in [0.5, 0.6) is 0 Å². The van der Waals surface area contributed by atoms with E-state index in [9.17, 15) is 10.1 Å². The van der Waals surface area contributed by atoms with Crippen molar-refractivity contribution in [1.29, 1.82) is 0 Å². The molecule has 0 spiro atoms. The molecular formula is C15H11N5O3S. The van der Waals surface area contributed by atoms with Crippen LogP contribution in [0.3, 0.4) is 0 Å². The van der Waals surface area contributed by atoms with Crippen LogP contribution < -0.4 is 11.2 Å². The van der Waals surface area contributed by atoms with Crippen LogP contribution in [0.15, 0.2) is 58.0 Å². The molecule has 0 aliphatic heterocycles. The molecule has 0 atom stereocenters. The quantitative estimate of drug-likeness (QED) is 0.317. The zero-order valence-corrected chi connectivity index (χ0v) is 13.0. The number of aromatic nitrogens is 1. The van der Waals surface area contributed by atoms with Gasteiger partial charge >= 0.3 is 0 Å². The van der Waals surface area contributed by atoms with Crippen molar-refractivity contribution in [3.8, 4) is 0 Å². The molecule has 24 heavy (non-hydrogen) atoms. The Balaban J connectivity index is 1.93. The van der Waals surface area contributed by atoms with Crippen LogP contribution >= 0.6 is 12.2 Å². The molecule has 9 heteroatoms. The lowest BCUT2D eigenvalue weighted by atomic mass is 10.3. The average Bonchev–Trinajstić information content (AvgIpc) is 2.98. The summed E-state index contributed by atoms with van der Waals surface area (Å²) in [5.74, 6) is 0.168. The summed E-state index contributed by atoms with van der Waals surface area (Å²) in [5, 5.41) is 14.9. The minimum absolute atomic E-state index is 0.0144. The van der Waals surface area contributed by atoms with Gasteiger partial charge < -0.3 is 10.2 Å². The van der Waals surface area contributed by atoms with E-state index in [1.165, 1.54) is 18.2 Å². The Bertz CT molecular complexity index is 933. The van der Waals surface area contributed by atoms with Gasteiger partial charge in [0.25, 0.3) is 11.6 Å². The first-order chi connectivity index (χ1) is 11.5. The van der Waals surface area contributed by atoms with Gasteiger partial charge in [-0.3, -0.25) is 15.5 Å². The van der Waals surface area contributed by atoms with Crippen molar-refractivity contribution in [1.82, 2.24) is 4.98 Å². The second-order valence-corrected chi connectivity index (χ2v) is 5.17. The van der Waals surface area contributed by atoms with Crippen molar-refractivity contribution in [3.63, 3.8) is 0 Å². The topological polar surface area (TPSA) is 120 Å². The number of non-ortho nitro benzene ring substituents is 1. The first-order valence-corrected chi connectivity index (χ1v) is 7.19. The van der Waals surface area contributed by atoms with Gasteiger partial charge in [-0.25, -0.2) is 4.98 Å². The molecule has 0 bridgehead atoms. The number of nitrogens with zero attached hydrogens (tertiary/aromatic N) is 3. The zero-order valence-electron chi connectivity index (χ0n) is 12.2. The van der Waals surface area contributed by atoms with E-state index < -0.39 is 4.92 Å². The van der Waals surface area contributed by atoms with Gasteiger partial charge in [-0.2, -0.15) is 5.10 Å². The smallest absolute Gasteiger partial charge is 0.271 e. The van der Waals surface area contributed by atoms with E-state index in [1.807, 2.05) is 12.1 Å². The number of nitrogens with two attached hydrogens (primary N) is 1. The van der Waals surface area contributed by atoms with Crippen molar-refractivity contribution in [2.45, 2.75) is 0 Å². The van der Waals surface area contributed by atoms with Gasteiger partial charge in [-0.1, -0.05) is 30.4 Å². The minimum atomic E-state index is -0.496. The molecule has 0 saturated carbocycles. The highest BCUT2D eigenvalue weighted by atomic mass is 32.1. The van der Waals surface area contributed by atoms with Gasteiger partial charge in [0.05, 0.1) is 10.6 Å². The standard InChI is InChI=1S/C15H11N5O3S/c16-14(24)13(15-17-11-6-1-2-7-12(11)23-15)19-18-9-4-3-5-10(8-9)20(21)22/h1-8,18H,(H2,16,24)/b19-13-. The van der Waals surface area contributed by atoms with E-state index in [0.717, 1.165) is 0 Å². The Morgan fingerprint density at radius 1 is 1.29 bits per heavy atom. The SMILES string of the molecule is NC(=S)/C(=N/Nc1cccc([N+](=O)[O-])c1)c1nc2ccccc2o1. The molecule has 0 aliphatic rings. The largest absolute Gasteiger partial charge is 0.435 e. The molecule has 0 fully saturated rings. The maximum absolute atomic E-state index is 10.8. The monoisotopic (exact) mass is 341 g/mol. The number of rotatable bonds is 5. The van der Waals surface area contributed by atoms with Crippen LogP contribution in [0.2, 0.25) is 0 Å². The molecule has 3 rings (SSSR count). The third-order valence-corrected chi connectivity index (χ3v) is 3.28. The predicted octanol–water partition coefficient (Wildman–Crippen LogP) is 2.84. The van der Waals surface area contributed by atoms with Gasteiger partial charge in [-0.05, 0) is 18.2 Å². The molecule has 0 radical (unpaired) electrons. The highest BCUT2D eigenvalue weighted by molar-refractivity contribution is 7.82. The summed E-state index contributed by atoms with van der Waals surface area (Å²) in [7, 11) is 0. The lowest BCUT2D eigenvalue weighted by Gasteiger charge is -2.03. The summed E-state index contributed by atoms with van der Waals surface area (Å²) in [6, 6.07) is 13.1. The van der Waals surface area contributed by atoms with Gasteiger partial charge in [0.15, 0.2) is 11.3 Å². The number of benzene rings is 2. The number of oxazole rings is 1. The van der Waals surface area contributed by atoms with Gasteiger partial charge in [0.1, 0.15) is 10.5 Å². The van der Waals surface area contributed by atoms with Crippen molar-refractivity contribution >= 4 is 45.4 Å².